The van der Waals surface area contributed by atoms with Gasteiger partial charge in [-0.3, -0.25) is 24.7 Å². The summed E-state index contributed by atoms with van der Waals surface area (Å²) in [7, 11) is 0. The number of aliphatic imine (C=N–C) groups is 1. The number of nitro groups is 1. The van der Waals surface area contributed by atoms with Gasteiger partial charge in [-0.2, -0.15) is 0 Å². The molecule has 126 valence electrons. The first-order valence-electron chi connectivity index (χ1n) is 7.39. The Hall–Kier alpha value is -3.55. The lowest BCUT2D eigenvalue weighted by atomic mass is 10.0. The van der Waals surface area contributed by atoms with E-state index in [-0.39, 0.29) is 18.0 Å². The summed E-state index contributed by atoms with van der Waals surface area (Å²) in [6.07, 6.45) is 0. The maximum Gasteiger partial charge on any atom is 0.324 e. The van der Waals surface area contributed by atoms with Crippen molar-refractivity contribution >= 4 is 34.7 Å². The Bertz CT molecular complexity index is 864. The summed E-state index contributed by atoms with van der Waals surface area (Å²) in [5.41, 5.74) is 0.950. The van der Waals surface area contributed by atoms with E-state index in [1.807, 2.05) is 6.07 Å². The maximum absolute atomic E-state index is 12.4. The zero-order chi connectivity index (χ0) is 17.8. The second-order valence-corrected chi connectivity index (χ2v) is 5.28. The number of hydrogen-bond acceptors (Lipinski definition) is 6. The Kier molecular flexibility index (Phi) is 4.51. The number of carbonyl (C=O) groups is 2. The number of hydrogen-bond donors (Lipinski definition) is 1. The first-order valence-corrected chi connectivity index (χ1v) is 7.39. The SMILES string of the molecule is O=C(Nc1cccc([N+](=O)[O-])c1)C1C(=O)OCC1=Nc1ccccc1. The fourth-order valence-corrected chi connectivity index (χ4v) is 2.38. The van der Waals surface area contributed by atoms with E-state index in [0.717, 1.165) is 0 Å². The van der Waals surface area contributed by atoms with Crippen molar-refractivity contribution in [2.45, 2.75) is 0 Å². The zero-order valence-electron chi connectivity index (χ0n) is 12.9. The Labute approximate surface area is 142 Å². The van der Waals surface area contributed by atoms with Gasteiger partial charge in [-0.1, -0.05) is 24.3 Å². The second-order valence-electron chi connectivity index (χ2n) is 5.28. The average molecular weight is 339 g/mol. The fourth-order valence-electron chi connectivity index (χ4n) is 2.38. The van der Waals surface area contributed by atoms with E-state index in [1.54, 1.807) is 24.3 Å². The third-order valence-corrected chi connectivity index (χ3v) is 3.55. The van der Waals surface area contributed by atoms with Crippen LogP contribution < -0.4 is 5.32 Å². The van der Waals surface area contributed by atoms with Crippen LogP contribution in [0.3, 0.4) is 0 Å². The van der Waals surface area contributed by atoms with Crippen LogP contribution in [0.25, 0.3) is 0 Å². The van der Waals surface area contributed by atoms with Gasteiger partial charge in [-0.15, -0.1) is 0 Å². The predicted molar refractivity (Wildman–Crippen MR) is 89.7 cm³/mol. The first kappa shape index (κ1) is 16.3. The number of anilines is 1. The lowest BCUT2D eigenvalue weighted by Crippen LogP contribution is -2.31. The quantitative estimate of drug-likeness (QED) is 0.398. The molecule has 1 N–H and O–H groups in total. The minimum absolute atomic E-state index is 0.0687. The molecule has 0 radical (unpaired) electrons. The fraction of sp³-hybridized carbons (Fsp3) is 0.118. The molecule has 25 heavy (non-hydrogen) atoms. The summed E-state index contributed by atoms with van der Waals surface area (Å²) in [6, 6.07) is 14.3. The molecule has 1 saturated heterocycles. The van der Waals surface area contributed by atoms with Crippen molar-refractivity contribution < 1.29 is 19.2 Å². The highest BCUT2D eigenvalue weighted by Crippen LogP contribution is 2.22. The second kappa shape index (κ2) is 6.91. The Morgan fingerprint density at radius 1 is 1.20 bits per heavy atom. The molecular weight excluding hydrogens is 326 g/mol. The highest BCUT2D eigenvalue weighted by Gasteiger charge is 2.39. The highest BCUT2D eigenvalue weighted by atomic mass is 16.6. The van der Waals surface area contributed by atoms with Gasteiger partial charge in [0.1, 0.15) is 6.61 Å². The molecule has 0 bridgehead atoms. The lowest BCUT2D eigenvalue weighted by Gasteiger charge is -2.09. The van der Waals surface area contributed by atoms with Gasteiger partial charge in [0.15, 0.2) is 5.92 Å². The summed E-state index contributed by atoms with van der Waals surface area (Å²) in [6.45, 7) is -0.0687. The number of rotatable bonds is 4. The van der Waals surface area contributed by atoms with Crippen molar-refractivity contribution in [1.82, 2.24) is 0 Å². The number of para-hydroxylation sites is 1. The van der Waals surface area contributed by atoms with Crippen LogP contribution >= 0.6 is 0 Å². The first-order chi connectivity index (χ1) is 12.0. The number of benzene rings is 2. The van der Waals surface area contributed by atoms with Crippen molar-refractivity contribution in [3.63, 3.8) is 0 Å². The summed E-state index contributed by atoms with van der Waals surface area (Å²) in [5, 5.41) is 13.3. The summed E-state index contributed by atoms with van der Waals surface area (Å²) in [4.78, 5) is 38.9. The number of nitrogens with one attached hydrogen (secondary N) is 1. The van der Waals surface area contributed by atoms with Gasteiger partial charge in [-0.05, 0) is 18.2 Å². The topological polar surface area (TPSA) is 111 Å². The summed E-state index contributed by atoms with van der Waals surface area (Å²) < 4.78 is 4.93. The Morgan fingerprint density at radius 3 is 2.68 bits per heavy atom. The van der Waals surface area contributed by atoms with Gasteiger partial charge in [0, 0.05) is 17.8 Å². The van der Waals surface area contributed by atoms with Crippen LogP contribution in [0.5, 0.6) is 0 Å². The molecule has 1 aliphatic heterocycles. The van der Waals surface area contributed by atoms with Crippen molar-refractivity contribution in [3.8, 4) is 0 Å². The van der Waals surface area contributed by atoms with Crippen molar-refractivity contribution in [2.75, 3.05) is 11.9 Å². The minimum atomic E-state index is -1.18. The van der Waals surface area contributed by atoms with Crippen molar-refractivity contribution in [3.05, 3.63) is 64.7 Å². The molecule has 3 rings (SSSR count). The number of ether oxygens (including phenoxy) is 1. The van der Waals surface area contributed by atoms with Crippen molar-refractivity contribution in [2.24, 2.45) is 10.9 Å². The zero-order valence-corrected chi connectivity index (χ0v) is 12.9. The minimum Gasteiger partial charge on any atom is -0.459 e. The van der Waals surface area contributed by atoms with Gasteiger partial charge >= 0.3 is 5.97 Å². The van der Waals surface area contributed by atoms with E-state index >= 15 is 0 Å². The normalized spacial score (nSPS) is 18.0. The molecular formula is C17H13N3O5. The molecule has 1 atom stereocenters. The maximum atomic E-state index is 12.4. The van der Waals surface area contributed by atoms with Gasteiger partial charge < -0.3 is 10.1 Å². The number of amides is 1. The third-order valence-electron chi connectivity index (χ3n) is 3.55. The van der Waals surface area contributed by atoms with E-state index in [0.29, 0.717) is 11.4 Å². The molecule has 0 aliphatic carbocycles. The number of non-ortho nitro benzene ring substituents is 1. The van der Waals surface area contributed by atoms with E-state index in [2.05, 4.69) is 10.3 Å². The van der Waals surface area contributed by atoms with Crippen LogP contribution in [-0.4, -0.2) is 29.1 Å². The van der Waals surface area contributed by atoms with E-state index in [4.69, 9.17) is 4.74 Å². The van der Waals surface area contributed by atoms with Crippen LogP contribution in [0, 0.1) is 16.0 Å². The molecule has 1 heterocycles. The van der Waals surface area contributed by atoms with Gasteiger partial charge in [0.25, 0.3) is 5.69 Å². The Morgan fingerprint density at radius 2 is 1.96 bits per heavy atom. The molecule has 0 saturated carbocycles. The Balaban J connectivity index is 1.82. The predicted octanol–water partition coefficient (Wildman–Crippen LogP) is 2.48. The van der Waals surface area contributed by atoms with Crippen LogP contribution in [-0.2, 0) is 14.3 Å². The van der Waals surface area contributed by atoms with Gasteiger partial charge in [0.2, 0.25) is 5.91 Å². The molecule has 1 fully saturated rings. The summed E-state index contributed by atoms with van der Waals surface area (Å²) >= 11 is 0. The number of carbonyl (C=O) groups excluding carboxylic acids is 2. The van der Waals surface area contributed by atoms with Crippen molar-refractivity contribution in [1.29, 1.82) is 0 Å². The molecule has 1 unspecified atom stereocenters. The molecule has 0 spiro atoms. The monoisotopic (exact) mass is 339 g/mol. The van der Waals surface area contributed by atoms with E-state index in [9.17, 15) is 19.7 Å². The smallest absolute Gasteiger partial charge is 0.324 e. The molecule has 8 heteroatoms. The molecule has 1 amide bonds. The lowest BCUT2D eigenvalue weighted by molar-refractivity contribution is -0.384. The van der Waals surface area contributed by atoms with E-state index in [1.165, 1.54) is 24.3 Å². The van der Waals surface area contributed by atoms with Gasteiger partial charge in [-0.25, -0.2) is 0 Å². The molecule has 8 nitrogen and oxygen atoms in total. The highest BCUT2D eigenvalue weighted by molar-refractivity contribution is 6.25. The third kappa shape index (κ3) is 3.69. The summed E-state index contributed by atoms with van der Waals surface area (Å²) in [5.74, 6) is -2.52. The molecule has 2 aromatic rings. The number of nitro benzene ring substituents is 1. The number of nitrogens with zero attached hydrogens (tertiary/aromatic N) is 2. The molecule has 2 aromatic carbocycles. The van der Waals surface area contributed by atoms with E-state index < -0.39 is 22.7 Å². The van der Waals surface area contributed by atoms with Gasteiger partial charge in [0.05, 0.1) is 16.3 Å². The standard InChI is InChI=1S/C17H13N3O5/c21-16(19-12-7-4-8-13(9-12)20(23)24)15-14(10-25-17(15)22)18-11-5-2-1-3-6-11/h1-9,15H,10H2,(H,19,21). The largest absolute Gasteiger partial charge is 0.459 e. The van der Waals surface area contributed by atoms with Crippen LogP contribution in [0.4, 0.5) is 17.1 Å². The number of cyclic esters (lactones) is 1. The number of esters is 1. The molecule has 1 aliphatic rings. The van der Waals surface area contributed by atoms with Crippen LogP contribution in [0.1, 0.15) is 0 Å². The average Bonchev–Trinajstić information content (AvgIpc) is 2.96. The van der Waals surface area contributed by atoms with Crippen LogP contribution in [0.15, 0.2) is 59.6 Å². The molecule has 0 aromatic heterocycles. The van der Waals surface area contributed by atoms with Crippen LogP contribution in [0.2, 0.25) is 0 Å².